The molecule has 0 aromatic heterocycles. The number of methoxy groups -OCH3 is 1. The third-order valence-corrected chi connectivity index (χ3v) is 8.40. The summed E-state index contributed by atoms with van der Waals surface area (Å²) in [5.74, 6) is -3.13. The molecule has 1 saturated heterocycles. The van der Waals surface area contributed by atoms with Gasteiger partial charge in [-0.2, -0.15) is 0 Å². The number of carbonyl (C=O) groups is 4. The monoisotopic (exact) mass is 509 g/mol. The molecule has 1 N–H and O–H groups in total. The smallest absolute Gasteiger partial charge is 0.234 e. The Morgan fingerprint density at radius 1 is 0.974 bits per heavy atom. The lowest BCUT2D eigenvalue weighted by Crippen LogP contribution is -2.39. The summed E-state index contributed by atoms with van der Waals surface area (Å²) >= 11 is 0. The zero-order chi connectivity index (χ0) is 26.7. The molecule has 38 heavy (non-hydrogen) atoms. The number of hydrogen-bond donors (Lipinski definition) is 1. The quantitative estimate of drug-likeness (QED) is 0.380. The van der Waals surface area contributed by atoms with E-state index in [1.807, 2.05) is 36.4 Å². The molecule has 0 bridgehead atoms. The number of benzene rings is 2. The van der Waals surface area contributed by atoms with Crippen LogP contribution in [0.15, 0.2) is 83.0 Å². The highest BCUT2D eigenvalue weighted by Gasteiger charge is 2.56. The van der Waals surface area contributed by atoms with Crippen LogP contribution < -0.4 is 4.74 Å². The Kier molecular flexibility index (Phi) is 5.67. The minimum Gasteiger partial charge on any atom is -0.504 e. The van der Waals surface area contributed by atoms with Gasteiger partial charge in [0, 0.05) is 28.2 Å². The predicted molar refractivity (Wildman–Crippen MR) is 138 cm³/mol. The maximum absolute atomic E-state index is 13.8. The Labute approximate surface area is 220 Å². The van der Waals surface area contributed by atoms with Crippen molar-refractivity contribution in [2.24, 2.45) is 17.8 Å². The second-order valence-electron chi connectivity index (χ2n) is 10.4. The standard InChI is InChI=1S/C31H27NO6/c1-16-13-23(33)27-22(28(16)34)14-21-18(25(27)19-9-6-10-24(38-2)29(19)35)11-12-20-26(21)31(37)32(30(20)36)15-17-7-4-3-5-8-17/h3-11,13,20-21,25-26,35H,12,14-15H2,1-2H3. The summed E-state index contributed by atoms with van der Waals surface area (Å²) in [6, 6.07) is 14.5. The first-order valence-corrected chi connectivity index (χ1v) is 12.8. The van der Waals surface area contributed by atoms with Crippen LogP contribution in [0, 0.1) is 17.8 Å². The number of phenolic OH excluding ortho intramolecular Hbond substituents is 1. The number of likely N-dealkylation sites (tertiary alicyclic amines) is 1. The van der Waals surface area contributed by atoms with E-state index in [0.29, 0.717) is 28.7 Å². The van der Waals surface area contributed by atoms with E-state index in [-0.39, 0.29) is 47.8 Å². The van der Waals surface area contributed by atoms with Crippen molar-refractivity contribution >= 4 is 23.4 Å². The normalized spacial score (nSPS) is 26.5. The van der Waals surface area contributed by atoms with Crippen molar-refractivity contribution in [3.05, 3.63) is 94.1 Å². The molecule has 2 aromatic rings. The summed E-state index contributed by atoms with van der Waals surface area (Å²) in [7, 11) is 1.45. The average Bonchev–Trinajstić information content (AvgIpc) is 3.16. The summed E-state index contributed by atoms with van der Waals surface area (Å²) in [5, 5.41) is 11.1. The van der Waals surface area contributed by atoms with Gasteiger partial charge in [0.05, 0.1) is 25.5 Å². The van der Waals surface area contributed by atoms with Crippen LogP contribution in [0.1, 0.15) is 36.8 Å². The Morgan fingerprint density at radius 2 is 1.74 bits per heavy atom. The number of hydrogen-bond acceptors (Lipinski definition) is 6. The summed E-state index contributed by atoms with van der Waals surface area (Å²) < 4.78 is 5.33. The molecule has 1 fully saturated rings. The number of Topliss-reactive ketones (excluding diaryl/α,β-unsaturated/α-hetero) is 1. The van der Waals surface area contributed by atoms with Gasteiger partial charge in [0.15, 0.2) is 23.1 Å². The number of imide groups is 1. The zero-order valence-electron chi connectivity index (χ0n) is 21.1. The molecular formula is C31H27NO6. The van der Waals surface area contributed by atoms with Gasteiger partial charge in [-0.25, -0.2) is 0 Å². The number of carbonyl (C=O) groups excluding carboxylic acids is 4. The van der Waals surface area contributed by atoms with Gasteiger partial charge in [-0.3, -0.25) is 24.1 Å². The maximum Gasteiger partial charge on any atom is 0.234 e. The molecule has 2 amide bonds. The third-order valence-electron chi connectivity index (χ3n) is 8.40. The van der Waals surface area contributed by atoms with Gasteiger partial charge in [0.25, 0.3) is 0 Å². The molecular weight excluding hydrogens is 482 g/mol. The van der Waals surface area contributed by atoms with Crippen LogP contribution in [0.2, 0.25) is 0 Å². The number of allylic oxidation sites excluding steroid dienone is 6. The highest BCUT2D eigenvalue weighted by atomic mass is 16.5. The fourth-order valence-electron chi connectivity index (χ4n) is 6.66. The summed E-state index contributed by atoms with van der Waals surface area (Å²) in [6.45, 7) is 1.81. The van der Waals surface area contributed by atoms with E-state index >= 15 is 0 Å². The molecule has 3 aliphatic carbocycles. The SMILES string of the molecule is COc1cccc(C2C3=CCC4C(=O)N(Cc5ccccc5)C(=O)C4C3CC3=C2C(=O)C=C(C)C3=O)c1O. The number of fused-ring (bicyclic) bond motifs is 3. The molecule has 4 aliphatic rings. The maximum atomic E-state index is 13.8. The van der Waals surface area contributed by atoms with Crippen LogP contribution in [0.4, 0.5) is 0 Å². The molecule has 6 rings (SSSR count). The van der Waals surface area contributed by atoms with Crippen LogP contribution in [-0.4, -0.2) is 40.5 Å². The van der Waals surface area contributed by atoms with E-state index in [2.05, 4.69) is 0 Å². The fourth-order valence-corrected chi connectivity index (χ4v) is 6.66. The number of amides is 2. The predicted octanol–water partition coefficient (Wildman–Crippen LogP) is 4.03. The van der Waals surface area contributed by atoms with E-state index < -0.39 is 23.7 Å². The van der Waals surface area contributed by atoms with Gasteiger partial charge in [0.1, 0.15) is 0 Å². The average molecular weight is 510 g/mol. The first kappa shape index (κ1) is 24.1. The lowest BCUT2D eigenvalue weighted by Gasteiger charge is -2.42. The van der Waals surface area contributed by atoms with E-state index in [0.717, 1.165) is 11.1 Å². The van der Waals surface area contributed by atoms with Crippen molar-refractivity contribution in [1.29, 1.82) is 0 Å². The van der Waals surface area contributed by atoms with Gasteiger partial charge in [0.2, 0.25) is 11.8 Å². The fraction of sp³-hybridized carbons (Fsp3) is 0.290. The summed E-state index contributed by atoms with van der Waals surface area (Å²) in [5.41, 5.74) is 3.16. The number of phenols is 1. The van der Waals surface area contributed by atoms with Gasteiger partial charge in [-0.15, -0.1) is 0 Å². The second kappa shape index (κ2) is 8.94. The first-order valence-electron chi connectivity index (χ1n) is 12.8. The van der Waals surface area contributed by atoms with E-state index in [4.69, 9.17) is 4.74 Å². The molecule has 7 nitrogen and oxygen atoms in total. The van der Waals surface area contributed by atoms with Crippen molar-refractivity contribution in [2.45, 2.75) is 32.2 Å². The number of nitrogens with zero attached hydrogens (tertiary/aromatic N) is 1. The minimum atomic E-state index is -0.716. The molecule has 4 atom stereocenters. The Balaban J connectivity index is 1.47. The van der Waals surface area contributed by atoms with Crippen LogP contribution in [-0.2, 0) is 25.7 Å². The van der Waals surface area contributed by atoms with E-state index in [1.54, 1.807) is 25.1 Å². The van der Waals surface area contributed by atoms with Crippen LogP contribution >= 0.6 is 0 Å². The number of aromatic hydroxyl groups is 1. The first-order chi connectivity index (χ1) is 18.3. The number of ketones is 2. The molecule has 0 radical (unpaired) electrons. The van der Waals surface area contributed by atoms with Gasteiger partial charge in [-0.1, -0.05) is 54.1 Å². The third kappa shape index (κ3) is 3.49. The van der Waals surface area contributed by atoms with Gasteiger partial charge in [-0.05, 0) is 43.4 Å². The topological polar surface area (TPSA) is 101 Å². The molecule has 1 aliphatic heterocycles. The lowest BCUT2D eigenvalue weighted by molar-refractivity contribution is -0.140. The van der Waals surface area contributed by atoms with E-state index in [1.165, 1.54) is 18.1 Å². The van der Waals surface area contributed by atoms with Crippen LogP contribution in [0.5, 0.6) is 11.5 Å². The lowest BCUT2D eigenvalue weighted by atomic mass is 9.59. The number of ether oxygens (including phenoxy) is 1. The van der Waals surface area contributed by atoms with Crippen molar-refractivity contribution < 1.29 is 29.0 Å². The number of para-hydroxylation sites is 1. The van der Waals surface area contributed by atoms with Gasteiger partial charge >= 0.3 is 0 Å². The Bertz CT molecular complexity index is 1500. The highest BCUT2D eigenvalue weighted by Crippen LogP contribution is 2.56. The molecule has 7 heteroatoms. The molecule has 192 valence electrons. The van der Waals surface area contributed by atoms with Crippen molar-refractivity contribution in [3.8, 4) is 11.5 Å². The zero-order valence-corrected chi connectivity index (χ0v) is 21.1. The van der Waals surface area contributed by atoms with Crippen molar-refractivity contribution in [1.82, 2.24) is 4.90 Å². The largest absolute Gasteiger partial charge is 0.504 e. The van der Waals surface area contributed by atoms with Crippen LogP contribution in [0.25, 0.3) is 0 Å². The molecule has 1 heterocycles. The Hall–Kier alpha value is -4.26. The van der Waals surface area contributed by atoms with E-state index in [9.17, 15) is 24.3 Å². The van der Waals surface area contributed by atoms with Crippen molar-refractivity contribution in [3.63, 3.8) is 0 Å². The highest BCUT2D eigenvalue weighted by molar-refractivity contribution is 6.23. The summed E-state index contributed by atoms with van der Waals surface area (Å²) in [4.78, 5) is 55.3. The molecule has 0 spiro atoms. The van der Waals surface area contributed by atoms with Crippen molar-refractivity contribution in [2.75, 3.05) is 7.11 Å². The summed E-state index contributed by atoms with van der Waals surface area (Å²) in [6.07, 6.45) is 3.85. The Morgan fingerprint density at radius 3 is 2.47 bits per heavy atom. The second-order valence-corrected chi connectivity index (χ2v) is 10.4. The number of rotatable bonds is 4. The molecule has 4 unspecified atom stereocenters. The van der Waals surface area contributed by atoms with Gasteiger partial charge < -0.3 is 9.84 Å². The van der Waals surface area contributed by atoms with Crippen LogP contribution in [0.3, 0.4) is 0 Å². The molecule has 2 aromatic carbocycles. The minimum absolute atomic E-state index is 0.110. The molecule has 0 saturated carbocycles.